The van der Waals surface area contributed by atoms with Crippen LogP contribution in [0.15, 0.2) is 71.6 Å². The standard InChI is InChI=1S/C31H35Cl2N3O6S/c1-31(2,3)42-30(38)36-18-15-21(16-19-36)14-17-34-29(37)22-8-11-24(12-9-22)43(39,40)35-26-6-4-5-7-28(26)41-27-13-10-23(32)20-25(27)33/h4-13,20-21,35H,14-19H2,1-3H3,(H,34,37). The highest BCUT2D eigenvalue weighted by molar-refractivity contribution is 7.92. The molecule has 12 heteroatoms. The Kier molecular flexibility index (Phi) is 10.5. The van der Waals surface area contributed by atoms with Crippen molar-refractivity contribution in [3.8, 4) is 11.5 Å². The molecular weight excluding hydrogens is 613 g/mol. The van der Waals surface area contributed by atoms with E-state index in [0.29, 0.717) is 41.9 Å². The number of rotatable bonds is 9. The summed E-state index contributed by atoms with van der Waals surface area (Å²) < 4.78 is 40.1. The van der Waals surface area contributed by atoms with Crippen LogP contribution in [0.1, 0.15) is 50.4 Å². The van der Waals surface area contributed by atoms with Gasteiger partial charge in [-0.15, -0.1) is 0 Å². The van der Waals surface area contributed by atoms with E-state index < -0.39 is 15.6 Å². The number of hydrogen-bond donors (Lipinski definition) is 2. The summed E-state index contributed by atoms with van der Waals surface area (Å²) in [7, 11) is -3.99. The molecule has 1 aliphatic heterocycles. The first-order chi connectivity index (χ1) is 20.3. The summed E-state index contributed by atoms with van der Waals surface area (Å²) >= 11 is 12.2. The lowest BCUT2D eigenvalue weighted by Crippen LogP contribution is -2.42. The van der Waals surface area contributed by atoms with Gasteiger partial charge in [0.2, 0.25) is 0 Å². The van der Waals surface area contributed by atoms with Crippen molar-refractivity contribution in [3.05, 3.63) is 82.3 Å². The number of carbonyl (C=O) groups excluding carboxylic acids is 2. The predicted octanol–water partition coefficient (Wildman–Crippen LogP) is 7.35. The van der Waals surface area contributed by atoms with Gasteiger partial charge in [0, 0.05) is 30.2 Å². The van der Waals surface area contributed by atoms with Crippen molar-refractivity contribution in [2.45, 2.75) is 50.5 Å². The van der Waals surface area contributed by atoms with Crippen LogP contribution < -0.4 is 14.8 Å². The maximum Gasteiger partial charge on any atom is 0.410 e. The predicted molar refractivity (Wildman–Crippen MR) is 168 cm³/mol. The topological polar surface area (TPSA) is 114 Å². The van der Waals surface area contributed by atoms with E-state index in [4.69, 9.17) is 32.7 Å². The number of carbonyl (C=O) groups is 2. The molecule has 4 rings (SSSR count). The van der Waals surface area contributed by atoms with Crippen LogP contribution in [0.4, 0.5) is 10.5 Å². The van der Waals surface area contributed by atoms with Crippen molar-refractivity contribution in [1.82, 2.24) is 10.2 Å². The molecule has 230 valence electrons. The Morgan fingerprint density at radius 2 is 1.63 bits per heavy atom. The highest BCUT2D eigenvalue weighted by Gasteiger charge is 2.27. The van der Waals surface area contributed by atoms with Gasteiger partial charge in [0.05, 0.1) is 15.6 Å². The lowest BCUT2D eigenvalue weighted by atomic mass is 9.94. The molecule has 1 saturated heterocycles. The first-order valence-corrected chi connectivity index (χ1v) is 16.2. The molecule has 43 heavy (non-hydrogen) atoms. The number of hydrogen-bond acceptors (Lipinski definition) is 6. The highest BCUT2D eigenvalue weighted by atomic mass is 35.5. The normalized spacial score (nSPS) is 14.2. The fraction of sp³-hybridized carbons (Fsp3) is 0.355. The van der Waals surface area contributed by atoms with Crippen LogP contribution in [-0.2, 0) is 14.8 Å². The second kappa shape index (κ2) is 13.9. The van der Waals surface area contributed by atoms with E-state index in [9.17, 15) is 18.0 Å². The molecule has 9 nitrogen and oxygen atoms in total. The monoisotopic (exact) mass is 647 g/mol. The Balaban J connectivity index is 1.29. The van der Waals surface area contributed by atoms with Gasteiger partial charge in [-0.25, -0.2) is 13.2 Å². The SMILES string of the molecule is CC(C)(C)OC(=O)N1CCC(CCNC(=O)c2ccc(S(=O)(=O)Nc3ccccc3Oc3ccc(Cl)cc3Cl)cc2)CC1. The maximum atomic E-state index is 13.1. The van der Waals surface area contributed by atoms with E-state index in [0.717, 1.165) is 19.3 Å². The molecule has 0 aliphatic carbocycles. The summed E-state index contributed by atoms with van der Waals surface area (Å²) in [6, 6.07) is 17.0. The van der Waals surface area contributed by atoms with Crippen LogP contribution in [-0.4, -0.2) is 50.6 Å². The summed E-state index contributed by atoms with van der Waals surface area (Å²) in [5.74, 6) is 0.669. The van der Waals surface area contributed by atoms with Crippen LogP contribution in [0, 0.1) is 5.92 Å². The average molecular weight is 649 g/mol. The van der Waals surface area contributed by atoms with Crippen molar-refractivity contribution in [3.63, 3.8) is 0 Å². The van der Waals surface area contributed by atoms with Crippen LogP contribution >= 0.6 is 23.2 Å². The van der Waals surface area contributed by atoms with Crippen LogP contribution in [0.2, 0.25) is 10.0 Å². The summed E-state index contributed by atoms with van der Waals surface area (Å²) in [5.41, 5.74) is 0.0395. The van der Waals surface area contributed by atoms with Crippen molar-refractivity contribution < 1.29 is 27.5 Å². The molecule has 3 aromatic carbocycles. The largest absolute Gasteiger partial charge is 0.454 e. The molecular formula is C31H35Cl2N3O6S. The van der Waals surface area contributed by atoms with Crippen molar-refractivity contribution >= 4 is 50.9 Å². The second-order valence-corrected chi connectivity index (χ2v) is 13.8. The van der Waals surface area contributed by atoms with Crippen LogP contribution in [0.5, 0.6) is 11.5 Å². The van der Waals surface area contributed by atoms with E-state index >= 15 is 0 Å². The van der Waals surface area contributed by atoms with Gasteiger partial charge in [-0.05, 0) is 101 Å². The number of nitrogens with one attached hydrogen (secondary N) is 2. The van der Waals surface area contributed by atoms with Gasteiger partial charge in [0.15, 0.2) is 5.75 Å². The number of amides is 2. The minimum absolute atomic E-state index is 0.0138. The summed E-state index contributed by atoms with van der Waals surface area (Å²) in [6.07, 6.45) is 2.18. The molecule has 0 bridgehead atoms. The Hall–Kier alpha value is -3.47. The van der Waals surface area contributed by atoms with E-state index in [1.54, 1.807) is 41.3 Å². The number of nitrogens with zero attached hydrogens (tertiary/aromatic N) is 1. The molecule has 1 aliphatic rings. The number of likely N-dealkylation sites (tertiary alicyclic amines) is 1. The lowest BCUT2D eigenvalue weighted by molar-refractivity contribution is 0.0181. The molecule has 3 aromatic rings. The van der Waals surface area contributed by atoms with Gasteiger partial charge < -0.3 is 19.7 Å². The molecule has 0 saturated carbocycles. The molecule has 1 fully saturated rings. The average Bonchev–Trinajstić information content (AvgIpc) is 2.95. The Bertz CT molecular complexity index is 1550. The summed E-state index contributed by atoms with van der Waals surface area (Å²) in [6.45, 7) is 7.28. The molecule has 0 radical (unpaired) electrons. The third-order valence-corrected chi connectivity index (χ3v) is 8.69. The number of piperidine rings is 1. The van der Waals surface area contributed by atoms with E-state index in [1.165, 1.54) is 30.3 Å². The first kappa shape index (κ1) is 32.4. The summed E-state index contributed by atoms with van der Waals surface area (Å²) in [4.78, 5) is 26.7. The molecule has 2 N–H and O–H groups in total. The molecule has 0 aromatic heterocycles. The fourth-order valence-corrected chi connectivity index (χ4v) is 6.05. The van der Waals surface area contributed by atoms with E-state index in [1.807, 2.05) is 20.8 Å². The van der Waals surface area contributed by atoms with Crippen LogP contribution in [0.3, 0.4) is 0 Å². The molecule has 0 atom stereocenters. The maximum absolute atomic E-state index is 13.1. The van der Waals surface area contributed by atoms with Crippen molar-refractivity contribution in [2.75, 3.05) is 24.4 Å². The number of ether oxygens (including phenoxy) is 2. The molecule has 0 unspecified atom stereocenters. The van der Waals surface area contributed by atoms with Gasteiger partial charge >= 0.3 is 6.09 Å². The van der Waals surface area contributed by atoms with Gasteiger partial charge in [0.1, 0.15) is 11.4 Å². The lowest BCUT2D eigenvalue weighted by Gasteiger charge is -2.33. The fourth-order valence-electron chi connectivity index (χ4n) is 4.53. The highest BCUT2D eigenvalue weighted by Crippen LogP contribution is 2.35. The number of para-hydroxylation sites is 2. The molecule has 2 amide bonds. The number of anilines is 1. The van der Waals surface area contributed by atoms with Crippen molar-refractivity contribution in [1.29, 1.82) is 0 Å². The third-order valence-electron chi connectivity index (χ3n) is 6.78. The zero-order valence-corrected chi connectivity index (χ0v) is 26.6. The Morgan fingerprint density at radius 1 is 0.953 bits per heavy atom. The van der Waals surface area contributed by atoms with Gasteiger partial charge in [-0.2, -0.15) is 0 Å². The Labute approximate surface area is 262 Å². The van der Waals surface area contributed by atoms with Gasteiger partial charge in [-0.3, -0.25) is 9.52 Å². The van der Waals surface area contributed by atoms with Crippen LogP contribution in [0.25, 0.3) is 0 Å². The quantitative estimate of drug-likeness (QED) is 0.251. The minimum Gasteiger partial charge on any atom is -0.454 e. The number of benzene rings is 3. The van der Waals surface area contributed by atoms with Crippen molar-refractivity contribution in [2.24, 2.45) is 5.92 Å². The minimum atomic E-state index is -3.99. The molecule has 1 heterocycles. The summed E-state index contributed by atoms with van der Waals surface area (Å²) in [5, 5.41) is 3.63. The van der Waals surface area contributed by atoms with E-state index in [2.05, 4.69) is 10.0 Å². The van der Waals surface area contributed by atoms with Gasteiger partial charge in [-0.1, -0.05) is 35.3 Å². The third kappa shape index (κ3) is 9.26. The second-order valence-electron chi connectivity index (χ2n) is 11.3. The van der Waals surface area contributed by atoms with E-state index in [-0.39, 0.29) is 33.4 Å². The first-order valence-electron chi connectivity index (χ1n) is 13.9. The molecule has 0 spiro atoms. The zero-order chi connectivity index (χ0) is 31.2. The Morgan fingerprint density at radius 3 is 2.28 bits per heavy atom. The number of sulfonamides is 1. The number of halogens is 2. The van der Waals surface area contributed by atoms with Gasteiger partial charge in [0.25, 0.3) is 15.9 Å². The smallest absolute Gasteiger partial charge is 0.410 e. The zero-order valence-electron chi connectivity index (χ0n) is 24.2.